The Balaban J connectivity index is 0.000000330. The lowest BCUT2D eigenvalue weighted by Gasteiger charge is -2.44. The van der Waals surface area contributed by atoms with Gasteiger partial charge in [0.1, 0.15) is 17.3 Å². The van der Waals surface area contributed by atoms with Gasteiger partial charge in [0.05, 0.1) is 12.6 Å². The number of rotatable bonds is 10. The molecule has 2 aliphatic rings. The van der Waals surface area contributed by atoms with E-state index >= 15 is 0 Å². The van der Waals surface area contributed by atoms with Crippen LogP contribution in [0.15, 0.2) is 96.7 Å². The number of aromatic nitrogens is 1. The number of thiazole rings is 1. The third kappa shape index (κ3) is 12.0. The van der Waals surface area contributed by atoms with Crippen LogP contribution in [0.4, 0.5) is 4.39 Å². The van der Waals surface area contributed by atoms with Gasteiger partial charge in [-0.05, 0) is 96.2 Å². The van der Waals surface area contributed by atoms with Gasteiger partial charge >= 0.3 is 0 Å². The standard InChI is InChI=1S/C28H37FN4O3S.C7H8O.C7H8/c1-18-17-37-26(31-18)24-7-6-11-33(24)27(35)22-14-20(16-29)13-21(15-22)25(34)30-10-8-23-9-12-32(23)19(2)36-28(3,4)5;8-6-7-4-2-1-3-5-7;1-7-5-3-2-4-6-7/h13-15,17,23-24H,2,6-12,16H2,1,3-5H3,(H,30,34);1-5,8H,6H2;2-6H,1H3. The highest BCUT2D eigenvalue weighted by Crippen LogP contribution is 2.35. The summed E-state index contributed by atoms with van der Waals surface area (Å²) in [5, 5.41) is 14.4. The van der Waals surface area contributed by atoms with Gasteiger partial charge in [0.2, 0.25) is 0 Å². The average Bonchev–Trinajstić information content (AvgIpc) is 3.78. The van der Waals surface area contributed by atoms with Crippen LogP contribution in [0.25, 0.3) is 0 Å². The van der Waals surface area contributed by atoms with E-state index in [1.165, 1.54) is 11.6 Å². The van der Waals surface area contributed by atoms with E-state index in [9.17, 15) is 14.0 Å². The van der Waals surface area contributed by atoms with Crippen molar-refractivity contribution in [3.63, 3.8) is 0 Å². The van der Waals surface area contributed by atoms with Crippen molar-refractivity contribution in [1.29, 1.82) is 0 Å². The Bertz CT molecular complexity index is 1740. The smallest absolute Gasteiger partial charge is 0.254 e. The topological polar surface area (TPSA) is 95.0 Å². The molecule has 2 amide bonds. The van der Waals surface area contributed by atoms with E-state index in [4.69, 9.17) is 9.84 Å². The van der Waals surface area contributed by atoms with Gasteiger partial charge in [-0.1, -0.05) is 66.2 Å². The van der Waals surface area contributed by atoms with Crippen LogP contribution in [0.5, 0.6) is 0 Å². The zero-order chi connectivity index (χ0) is 37.7. The van der Waals surface area contributed by atoms with Crippen LogP contribution in [0, 0.1) is 13.8 Å². The Labute approximate surface area is 312 Å². The van der Waals surface area contributed by atoms with Crippen LogP contribution < -0.4 is 5.32 Å². The van der Waals surface area contributed by atoms with E-state index in [0.717, 1.165) is 48.5 Å². The number of carbonyl (C=O) groups excluding carboxylic acids is 2. The third-order valence-corrected chi connectivity index (χ3v) is 9.77. The second-order valence-electron chi connectivity index (χ2n) is 14.1. The van der Waals surface area contributed by atoms with Crippen LogP contribution in [0.2, 0.25) is 0 Å². The normalized spacial score (nSPS) is 16.4. The second kappa shape index (κ2) is 19.3. The predicted octanol–water partition coefficient (Wildman–Crippen LogP) is 8.55. The van der Waals surface area contributed by atoms with Crippen molar-refractivity contribution < 1.29 is 23.8 Å². The molecule has 8 nitrogen and oxygen atoms in total. The molecule has 1 aromatic heterocycles. The summed E-state index contributed by atoms with van der Waals surface area (Å²) in [5.74, 6) is 0.151. The summed E-state index contributed by atoms with van der Waals surface area (Å²) in [5.41, 5.74) is 3.86. The minimum Gasteiger partial charge on any atom is -0.474 e. The van der Waals surface area contributed by atoms with Gasteiger partial charge in [-0.2, -0.15) is 0 Å². The Morgan fingerprint density at radius 1 is 0.962 bits per heavy atom. The predicted molar refractivity (Wildman–Crippen MR) is 207 cm³/mol. The number of likely N-dealkylation sites (tertiary alicyclic amines) is 2. The summed E-state index contributed by atoms with van der Waals surface area (Å²) in [6, 6.07) is 24.6. The fourth-order valence-electron chi connectivity index (χ4n) is 6.03. The number of aliphatic hydroxyl groups excluding tert-OH is 1. The summed E-state index contributed by atoms with van der Waals surface area (Å²) < 4.78 is 19.6. The Hall–Kier alpha value is -4.54. The number of nitrogens with zero attached hydrogens (tertiary/aromatic N) is 3. The van der Waals surface area contributed by atoms with E-state index in [0.29, 0.717) is 35.7 Å². The molecule has 3 heterocycles. The highest BCUT2D eigenvalue weighted by atomic mass is 32.1. The van der Waals surface area contributed by atoms with Gasteiger partial charge in [-0.3, -0.25) is 9.59 Å². The summed E-state index contributed by atoms with van der Waals surface area (Å²) in [6.07, 6.45) is 3.49. The molecule has 0 bridgehead atoms. The second-order valence-corrected chi connectivity index (χ2v) is 15.0. The lowest BCUT2D eigenvalue weighted by atomic mass is 9.99. The van der Waals surface area contributed by atoms with E-state index < -0.39 is 6.67 Å². The van der Waals surface area contributed by atoms with Crippen LogP contribution in [-0.4, -0.2) is 63.0 Å². The zero-order valence-electron chi connectivity index (χ0n) is 31.1. The van der Waals surface area contributed by atoms with E-state index in [1.54, 1.807) is 28.4 Å². The minimum absolute atomic E-state index is 0.0834. The molecule has 2 saturated heterocycles. The zero-order valence-corrected chi connectivity index (χ0v) is 31.9. The highest BCUT2D eigenvalue weighted by molar-refractivity contribution is 7.09. The number of alkyl halides is 1. The molecule has 6 rings (SSSR count). The number of halogens is 1. The Morgan fingerprint density at radius 2 is 1.63 bits per heavy atom. The summed E-state index contributed by atoms with van der Waals surface area (Å²) >= 11 is 1.56. The van der Waals surface area contributed by atoms with Gasteiger partial charge < -0.3 is 25.0 Å². The molecule has 278 valence electrons. The third-order valence-electron chi connectivity index (χ3n) is 8.71. The molecule has 0 saturated carbocycles. The summed E-state index contributed by atoms with van der Waals surface area (Å²) in [4.78, 5) is 34.9. The lowest BCUT2D eigenvalue weighted by molar-refractivity contribution is -0.0368. The molecule has 2 unspecified atom stereocenters. The number of benzene rings is 3. The summed E-state index contributed by atoms with van der Waals surface area (Å²) in [7, 11) is 0. The first-order valence-electron chi connectivity index (χ1n) is 17.9. The number of carbonyl (C=O) groups is 2. The van der Waals surface area contributed by atoms with Crippen molar-refractivity contribution in [2.75, 3.05) is 19.6 Å². The van der Waals surface area contributed by atoms with Gasteiger partial charge in [0.25, 0.3) is 11.8 Å². The molecule has 2 N–H and O–H groups in total. The molecule has 0 radical (unpaired) electrons. The molecule has 2 atom stereocenters. The quantitative estimate of drug-likeness (QED) is 0.159. The van der Waals surface area contributed by atoms with Gasteiger partial charge in [0.15, 0.2) is 5.88 Å². The maximum Gasteiger partial charge on any atom is 0.254 e. The first kappa shape index (κ1) is 40.2. The van der Waals surface area contributed by atoms with Crippen molar-refractivity contribution in [2.45, 2.75) is 91.3 Å². The molecular weight excluding hydrogens is 676 g/mol. The number of aliphatic hydroxyl groups is 1. The van der Waals surface area contributed by atoms with Crippen molar-refractivity contribution in [3.05, 3.63) is 135 Å². The van der Waals surface area contributed by atoms with E-state index in [1.807, 2.05) is 81.6 Å². The highest BCUT2D eigenvalue weighted by Gasteiger charge is 2.33. The largest absolute Gasteiger partial charge is 0.474 e. The minimum atomic E-state index is -0.747. The van der Waals surface area contributed by atoms with Crippen molar-refractivity contribution in [1.82, 2.24) is 20.1 Å². The molecule has 0 aliphatic carbocycles. The average molecular weight is 729 g/mol. The van der Waals surface area contributed by atoms with Gasteiger partial charge in [0, 0.05) is 47.9 Å². The maximum absolute atomic E-state index is 13.7. The lowest BCUT2D eigenvalue weighted by Crippen LogP contribution is -2.49. The molecule has 3 aromatic carbocycles. The number of nitrogens with one attached hydrogen (secondary N) is 1. The SMILES string of the molecule is C=C(OC(C)(C)C)N1CCC1CCNC(=O)c1cc(CF)cc(C(=O)N2CCCC2c2nc(C)cs2)c1.Cc1ccccc1.OCc1ccccc1. The fourth-order valence-corrected chi connectivity index (χ4v) is 6.98. The maximum atomic E-state index is 13.7. The number of amides is 2. The van der Waals surface area contributed by atoms with Crippen molar-refractivity contribution >= 4 is 23.2 Å². The van der Waals surface area contributed by atoms with Crippen molar-refractivity contribution in [3.8, 4) is 0 Å². The molecule has 2 aliphatic heterocycles. The molecule has 0 spiro atoms. The van der Waals surface area contributed by atoms with Crippen LogP contribution >= 0.6 is 11.3 Å². The fraction of sp³-hybridized carbons (Fsp3) is 0.405. The molecule has 10 heteroatoms. The first-order chi connectivity index (χ1) is 24.9. The van der Waals surface area contributed by atoms with Crippen LogP contribution in [-0.2, 0) is 18.0 Å². The monoisotopic (exact) mass is 728 g/mol. The van der Waals surface area contributed by atoms with Gasteiger partial charge in [-0.25, -0.2) is 9.37 Å². The van der Waals surface area contributed by atoms with Crippen LogP contribution in [0.1, 0.15) is 101 Å². The van der Waals surface area contributed by atoms with E-state index in [2.05, 4.69) is 40.8 Å². The van der Waals surface area contributed by atoms with Crippen LogP contribution in [0.3, 0.4) is 0 Å². The molecule has 52 heavy (non-hydrogen) atoms. The summed E-state index contributed by atoms with van der Waals surface area (Å²) in [6.45, 7) is 15.4. The number of hydrogen-bond acceptors (Lipinski definition) is 7. The Morgan fingerprint density at radius 3 is 2.15 bits per heavy atom. The molecular formula is C42H53FN4O4S. The number of aryl methyl sites for hydroxylation is 2. The van der Waals surface area contributed by atoms with Crippen molar-refractivity contribution in [2.24, 2.45) is 0 Å². The van der Waals surface area contributed by atoms with E-state index in [-0.39, 0.29) is 36.1 Å². The van der Waals surface area contributed by atoms with Gasteiger partial charge in [-0.15, -0.1) is 11.3 Å². The molecule has 4 aromatic rings. The molecule has 2 fully saturated rings. The first-order valence-corrected chi connectivity index (χ1v) is 18.8. The number of ether oxygens (including phenoxy) is 1. The Kier molecular flexibility index (Phi) is 15.0. The number of hydrogen-bond donors (Lipinski definition) is 2.